The van der Waals surface area contributed by atoms with E-state index in [0.29, 0.717) is 5.41 Å². The first kappa shape index (κ1) is 17.3. The molecule has 2 aromatic carbocycles. The molecule has 0 aliphatic heterocycles. The minimum absolute atomic E-state index is 0.0187. The molecule has 10 heteroatoms. The van der Waals surface area contributed by atoms with E-state index in [2.05, 4.69) is 5.32 Å². The summed E-state index contributed by atoms with van der Waals surface area (Å²) in [6, 6.07) is 6.21. The molecule has 0 fully saturated rings. The number of hydrogen-bond donors (Lipinski definition) is 2. The Bertz CT molecular complexity index is 1250. The summed E-state index contributed by atoms with van der Waals surface area (Å²) in [6.07, 6.45) is 0.958. The molecule has 0 unspecified atom stereocenters. The predicted molar refractivity (Wildman–Crippen MR) is 117 cm³/mol. The number of carboxylic acids is 1. The largest absolute Gasteiger partial charge is 0.496 e. The van der Waals surface area contributed by atoms with Gasteiger partial charge in [-0.05, 0) is 23.8 Å². The first-order valence-corrected chi connectivity index (χ1v) is 10.2. The van der Waals surface area contributed by atoms with Crippen LogP contribution >= 0.6 is 0 Å². The summed E-state index contributed by atoms with van der Waals surface area (Å²) in [5.74, 6) is -1.09. The first-order chi connectivity index (χ1) is 16.6. The fourth-order valence-corrected chi connectivity index (χ4v) is 3.39. The molecule has 168 valence electrons. The lowest BCUT2D eigenvalue weighted by Crippen LogP contribution is -2.13. The van der Waals surface area contributed by atoms with Gasteiger partial charge in [-0.1, -0.05) is 6.07 Å². The van der Waals surface area contributed by atoms with Gasteiger partial charge in [0.25, 0.3) is 0 Å². The average molecular weight is 457 g/mol. The van der Waals surface area contributed by atoms with Gasteiger partial charge in [-0.2, -0.15) is 0 Å². The SMILES string of the molecule is [2H]C([2H])([2H])Oc1cc(OC)cc(OC)c1/C=C/S(=O)(=O)C([2H])([2H])c1ccc(OC)c(NCC(=O)O)c1. The number of ether oxygens (including phenoxy) is 4. The van der Waals surface area contributed by atoms with E-state index in [9.17, 15) is 13.2 Å². The second kappa shape index (κ2) is 10.6. The molecular weight excluding hydrogens is 426 g/mol. The van der Waals surface area contributed by atoms with Gasteiger partial charge in [-0.25, -0.2) is 8.42 Å². The number of anilines is 1. The Balaban J connectivity index is 2.55. The standard InChI is InChI=1S/C21H25NO8S/c1-27-15-10-19(29-3)16(20(11-15)30-4)7-8-31(25,26)13-14-5-6-18(28-2)17(9-14)22-12-21(23)24/h5-11,22H,12-13H2,1-4H3,(H,23,24)/b8-7+/i3D3,13D2. The quantitative estimate of drug-likeness (QED) is 0.526. The lowest BCUT2D eigenvalue weighted by Gasteiger charge is -2.13. The number of carboxylic acid groups (broad SMARTS) is 1. The lowest BCUT2D eigenvalue weighted by molar-refractivity contribution is -0.134. The van der Waals surface area contributed by atoms with E-state index in [1.54, 1.807) is 0 Å². The van der Waals surface area contributed by atoms with Gasteiger partial charge < -0.3 is 29.4 Å². The molecular formula is C21H25NO8S. The van der Waals surface area contributed by atoms with Crippen LogP contribution in [0.25, 0.3) is 6.08 Å². The Labute approximate surface area is 188 Å². The summed E-state index contributed by atoms with van der Waals surface area (Å²) in [7, 11) is -3.66. The molecule has 9 nitrogen and oxygen atoms in total. The summed E-state index contributed by atoms with van der Waals surface area (Å²) < 4.78 is 85.2. The molecule has 0 radical (unpaired) electrons. The van der Waals surface area contributed by atoms with Gasteiger partial charge in [-0.3, -0.25) is 4.79 Å². The topological polar surface area (TPSA) is 120 Å². The second-order valence-electron chi connectivity index (χ2n) is 5.96. The molecule has 0 saturated heterocycles. The number of nitrogens with one attached hydrogen (secondary N) is 1. The number of hydrogen-bond acceptors (Lipinski definition) is 8. The van der Waals surface area contributed by atoms with E-state index in [0.717, 1.165) is 12.1 Å². The van der Waals surface area contributed by atoms with E-state index in [-0.39, 0.29) is 39.8 Å². The van der Waals surface area contributed by atoms with Crippen LogP contribution in [-0.4, -0.2) is 54.4 Å². The van der Waals surface area contributed by atoms with Crippen molar-refractivity contribution in [3.05, 3.63) is 46.9 Å². The summed E-state index contributed by atoms with van der Waals surface area (Å²) in [5, 5.41) is 12.0. The number of benzene rings is 2. The second-order valence-corrected chi connectivity index (χ2v) is 7.52. The molecule has 31 heavy (non-hydrogen) atoms. The first-order valence-electron chi connectivity index (χ1n) is 11.2. The van der Waals surface area contributed by atoms with Crippen LogP contribution in [-0.2, 0) is 20.3 Å². The van der Waals surface area contributed by atoms with Gasteiger partial charge in [-0.15, -0.1) is 0 Å². The van der Waals surface area contributed by atoms with E-state index >= 15 is 0 Å². The molecule has 0 aliphatic rings. The summed E-state index contributed by atoms with van der Waals surface area (Å²) in [5.41, 5.74) is -3.28. The number of methoxy groups -OCH3 is 4. The molecule has 0 amide bonds. The fraction of sp³-hybridized carbons (Fsp3) is 0.286. The highest BCUT2D eigenvalue weighted by molar-refractivity contribution is 7.93. The summed E-state index contributed by atoms with van der Waals surface area (Å²) >= 11 is 0. The van der Waals surface area contributed by atoms with Gasteiger partial charge in [0.05, 0.1) is 49.4 Å². The number of sulfone groups is 1. The molecule has 0 aliphatic carbocycles. The Kier molecular flexibility index (Phi) is 5.90. The maximum absolute atomic E-state index is 13.1. The van der Waals surface area contributed by atoms with Crippen molar-refractivity contribution in [3.8, 4) is 23.0 Å². The maximum Gasteiger partial charge on any atom is 0.322 e. The summed E-state index contributed by atoms with van der Waals surface area (Å²) in [6.45, 7) is -0.515. The van der Waals surface area contributed by atoms with Gasteiger partial charge in [0.15, 0.2) is 9.84 Å². The van der Waals surface area contributed by atoms with Crippen molar-refractivity contribution in [1.82, 2.24) is 0 Å². The molecule has 0 atom stereocenters. The van der Waals surface area contributed by atoms with Gasteiger partial charge in [0, 0.05) is 20.3 Å². The zero-order chi connectivity index (χ0) is 27.3. The van der Waals surface area contributed by atoms with Gasteiger partial charge >= 0.3 is 5.97 Å². The Morgan fingerprint density at radius 1 is 1.10 bits per heavy atom. The fourth-order valence-electron chi connectivity index (χ4n) is 2.55. The predicted octanol–water partition coefficient (Wildman–Crippen LogP) is 2.80. The Morgan fingerprint density at radius 3 is 2.35 bits per heavy atom. The minimum Gasteiger partial charge on any atom is -0.496 e. The molecule has 0 aromatic heterocycles. The molecule has 2 aromatic rings. The van der Waals surface area contributed by atoms with Crippen LogP contribution in [0.4, 0.5) is 5.69 Å². The smallest absolute Gasteiger partial charge is 0.322 e. The normalized spacial score (nSPS) is 14.5. The van der Waals surface area contributed by atoms with Crippen LogP contribution in [0.1, 0.15) is 18.0 Å². The third-order valence-electron chi connectivity index (χ3n) is 3.95. The van der Waals surface area contributed by atoms with Gasteiger partial charge in [0.1, 0.15) is 29.5 Å². The van der Waals surface area contributed by atoms with E-state index in [1.807, 2.05) is 0 Å². The number of carbonyl (C=O) groups is 1. The highest BCUT2D eigenvalue weighted by Gasteiger charge is 2.15. The third-order valence-corrected chi connectivity index (χ3v) is 4.96. The van der Waals surface area contributed by atoms with Crippen LogP contribution in [0.3, 0.4) is 0 Å². The molecule has 0 spiro atoms. The van der Waals surface area contributed by atoms with Crippen LogP contribution in [0.5, 0.6) is 23.0 Å². The number of rotatable bonds is 11. The Morgan fingerprint density at radius 2 is 1.77 bits per heavy atom. The van der Waals surface area contributed by atoms with Crippen molar-refractivity contribution in [3.63, 3.8) is 0 Å². The zero-order valence-electron chi connectivity index (χ0n) is 22.0. The molecule has 0 heterocycles. The van der Waals surface area contributed by atoms with Crippen molar-refractivity contribution in [1.29, 1.82) is 0 Å². The molecule has 2 N–H and O–H groups in total. The zero-order valence-corrected chi connectivity index (χ0v) is 17.8. The van der Waals surface area contributed by atoms with Crippen molar-refractivity contribution in [2.45, 2.75) is 5.70 Å². The molecule has 2 rings (SSSR count). The van der Waals surface area contributed by atoms with Crippen molar-refractivity contribution in [2.75, 3.05) is 40.2 Å². The number of aliphatic carboxylic acids is 1. The highest BCUT2D eigenvalue weighted by Crippen LogP contribution is 2.35. The van der Waals surface area contributed by atoms with Gasteiger partial charge in [0.2, 0.25) is 0 Å². The molecule has 0 bridgehead atoms. The summed E-state index contributed by atoms with van der Waals surface area (Å²) in [4.78, 5) is 10.9. The highest BCUT2D eigenvalue weighted by atomic mass is 32.2. The van der Waals surface area contributed by atoms with Crippen molar-refractivity contribution >= 4 is 27.6 Å². The van der Waals surface area contributed by atoms with Crippen LogP contribution < -0.4 is 24.3 Å². The average Bonchev–Trinajstić information content (AvgIpc) is 2.79. The van der Waals surface area contributed by atoms with Crippen molar-refractivity contribution < 1.29 is 44.1 Å². The lowest BCUT2D eigenvalue weighted by atomic mass is 10.1. The Hall–Kier alpha value is -3.40. The van der Waals surface area contributed by atoms with E-state index in [1.165, 1.54) is 45.6 Å². The van der Waals surface area contributed by atoms with E-state index < -0.39 is 35.1 Å². The van der Waals surface area contributed by atoms with Crippen LogP contribution in [0.15, 0.2) is 35.7 Å². The van der Waals surface area contributed by atoms with Crippen LogP contribution in [0.2, 0.25) is 0 Å². The third kappa shape index (κ3) is 6.54. The maximum atomic E-state index is 13.1. The molecule has 0 saturated carbocycles. The van der Waals surface area contributed by atoms with E-state index in [4.69, 9.17) is 30.9 Å². The minimum atomic E-state index is -4.69. The monoisotopic (exact) mass is 456 g/mol. The van der Waals surface area contributed by atoms with Crippen LogP contribution in [0, 0.1) is 0 Å². The van der Waals surface area contributed by atoms with Crippen molar-refractivity contribution in [2.24, 2.45) is 0 Å².